The fraction of sp³-hybridized carbons (Fsp3) is 0.500. The Labute approximate surface area is 85.1 Å². The van der Waals surface area contributed by atoms with Gasteiger partial charge in [-0.3, -0.25) is 0 Å². The van der Waals surface area contributed by atoms with Crippen LogP contribution < -0.4 is 5.73 Å². The molecular formula is C12H17NO. The molecule has 0 aliphatic carbocycles. The average Bonchev–Trinajstić information content (AvgIpc) is 2.19. The molecule has 14 heavy (non-hydrogen) atoms. The van der Waals surface area contributed by atoms with Crippen molar-refractivity contribution in [3.63, 3.8) is 0 Å². The lowest BCUT2D eigenvalue weighted by Gasteiger charge is -2.34. The predicted molar refractivity (Wildman–Crippen MR) is 57.2 cm³/mol. The molecule has 1 aliphatic heterocycles. The zero-order valence-electron chi connectivity index (χ0n) is 8.52. The van der Waals surface area contributed by atoms with Crippen molar-refractivity contribution in [2.45, 2.75) is 31.4 Å². The highest BCUT2D eigenvalue weighted by atomic mass is 16.5. The molecule has 1 saturated heterocycles. The molecule has 0 spiro atoms. The Morgan fingerprint density at radius 3 is 2.64 bits per heavy atom. The van der Waals surface area contributed by atoms with Crippen LogP contribution in [-0.2, 0) is 4.74 Å². The van der Waals surface area contributed by atoms with Crippen LogP contribution in [0.25, 0.3) is 0 Å². The van der Waals surface area contributed by atoms with Crippen molar-refractivity contribution in [1.29, 1.82) is 0 Å². The number of hydrogen-bond donors (Lipinski definition) is 1. The monoisotopic (exact) mass is 191 g/mol. The highest BCUT2D eigenvalue weighted by molar-refractivity contribution is 5.23. The minimum Gasteiger partial charge on any atom is -0.378 e. The van der Waals surface area contributed by atoms with E-state index in [1.807, 2.05) is 6.07 Å². The first-order valence-corrected chi connectivity index (χ1v) is 5.21. The van der Waals surface area contributed by atoms with E-state index in [2.05, 4.69) is 31.2 Å². The topological polar surface area (TPSA) is 35.2 Å². The van der Waals surface area contributed by atoms with Gasteiger partial charge >= 0.3 is 0 Å². The van der Waals surface area contributed by atoms with Crippen LogP contribution in [0.5, 0.6) is 0 Å². The molecular weight excluding hydrogens is 174 g/mol. The van der Waals surface area contributed by atoms with Crippen LogP contribution in [0, 0.1) is 0 Å². The molecule has 1 aliphatic rings. The van der Waals surface area contributed by atoms with Crippen molar-refractivity contribution in [3.8, 4) is 0 Å². The second-order valence-corrected chi connectivity index (χ2v) is 3.96. The van der Waals surface area contributed by atoms with Gasteiger partial charge in [-0.2, -0.15) is 0 Å². The Morgan fingerprint density at radius 1 is 1.29 bits per heavy atom. The standard InChI is InChI=1S/C12H17NO/c1-9-12(11(13)7-8-14-9)10-5-3-2-4-6-10/h2-6,9,11-12H,7-8,13H2,1H3. The number of rotatable bonds is 1. The van der Waals surface area contributed by atoms with Crippen LogP contribution in [0.2, 0.25) is 0 Å². The molecule has 0 amide bonds. The van der Waals surface area contributed by atoms with Crippen molar-refractivity contribution in [2.24, 2.45) is 5.73 Å². The fourth-order valence-electron chi connectivity index (χ4n) is 2.21. The van der Waals surface area contributed by atoms with Crippen LogP contribution in [0.1, 0.15) is 24.8 Å². The summed E-state index contributed by atoms with van der Waals surface area (Å²) >= 11 is 0. The van der Waals surface area contributed by atoms with E-state index >= 15 is 0 Å². The van der Waals surface area contributed by atoms with E-state index in [0.29, 0.717) is 5.92 Å². The largest absolute Gasteiger partial charge is 0.378 e. The van der Waals surface area contributed by atoms with Gasteiger partial charge in [0.15, 0.2) is 0 Å². The molecule has 0 radical (unpaired) electrons. The smallest absolute Gasteiger partial charge is 0.0630 e. The lowest BCUT2D eigenvalue weighted by molar-refractivity contribution is 0.00224. The fourth-order valence-corrected chi connectivity index (χ4v) is 2.21. The van der Waals surface area contributed by atoms with E-state index in [-0.39, 0.29) is 12.1 Å². The van der Waals surface area contributed by atoms with Gasteiger partial charge in [-0.05, 0) is 18.9 Å². The van der Waals surface area contributed by atoms with Gasteiger partial charge in [-0.1, -0.05) is 30.3 Å². The Hall–Kier alpha value is -0.860. The maximum Gasteiger partial charge on any atom is 0.0630 e. The first-order chi connectivity index (χ1) is 6.79. The van der Waals surface area contributed by atoms with Gasteiger partial charge in [0, 0.05) is 18.6 Å². The molecule has 2 heteroatoms. The predicted octanol–water partition coefficient (Wildman–Crippen LogP) is 1.91. The average molecular weight is 191 g/mol. The van der Waals surface area contributed by atoms with E-state index in [9.17, 15) is 0 Å². The first kappa shape index (κ1) is 9.69. The van der Waals surface area contributed by atoms with Crippen LogP contribution in [0.3, 0.4) is 0 Å². The molecule has 0 saturated carbocycles. The highest BCUT2D eigenvalue weighted by Crippen LogP contribution is 2.29. The van der Waals surface area contributed by atoms with Crippen molar-refractivity contribution in [2.75, 3.05) is 6.61 Å². The quantitative estimate of drug-likeness (QED) is 0.736. The maximum atomic E-state index is 6.12. The SMILES string of the molecule is CC1OCCC(N)C1c1ccccc1. The summed E-state index contributed by atoms with van der Waals surface area (Å²) < 4.78 is 5.64. The van der Waals surface area contributed by atoms with E-state index in [1.165, 1.54) is 5.56 Å². The van der Waals surface area contributed by atoms with Crippen molar-refractivity contribution >= 4 is 0 Å². The summed E-state index contributed by atoms with van der Waals surface area (Å²) in [7, 11) is 0. The summed E-state index contributed by atoms with van der Waals surface area (Å²) in [4.78, 5) is 0. The number of nitrogens with two attached hydrogens (primary N) is 1. The molecule has 1 aromatic rings. The van der Waals surface area contributed by atoms with E-state index in [1.54, 1.807) is 0 Å². The second kappa shape index (κ2) is 4.11. The number of ether oxygens (including phenoxy) is 1. The molecule has 3 atom stereocenters. The van der Waals surface area contributed by atoms with Gasteiger partial charge in [-0.25, -0.2) is 0 Å². The molecule has 1 fully saturated rings. The third kappa shape index (κ3) is 1.81. The number of benzene rings is 1. The third-order valence-electron chi connectivity index (χ3n) is 2.98. The molecule has 76 valence electrons. The van der Waals surface area contributed by atoms with Crippen LogP contribution in [0.4, 0.5) is 0 Å². The summed E-state index contributed by atoms with van der Waals surface area (Å²) in [5.74, 6) is 0.352. The van der Waals surface area contributed by atoms with Gasteiger partial charge in [-0.15, -0.1) is 0 Å². The van der Waals surface area contributed by atoms with Gasteiger partial charge in [0.1, 0.15) is 0 Å². The molecule has 0 bridgehead atoms. The maximum absolute atomic E-state index is 6.12. The summed E-state index contributed by atoms with van der Waals surface area (Å²) in [6.07, 6.45) is 1.20. The minimum absolute atomic E-state index is 0.237. The third-order valence-corrected chi connectivity index (χ3v) is 2.98. The van der Waals surface area contributed by atoms with E-state index in [4.69, 9.17) is 10.5 Å². The molecule has 2 rings (SSSR count). The van der Waals surface area contributed by atoms with Gasteiger partial charge in [0.2, 0.25) is 0 Å². The Morgan fingerprint density at radius 2 is 2.00 bits per heavy atom. The normalized spacial score (nSPS) is 32.9. The highest BCUT2D eigenvalue weighted by Gasteiger charge is 2.29. The molecule has 0 aromatic heterocycles. The zero-order chi connectivity index (χ0) is 9.97. The summed E-state index contributed by atoms with van der Waals surface area (Å²) in [5, 5.41) is 0. The summed E-state index contributed by atoms with van der Waals surface area (Å²) in [6.45, 7) is 2.91. The van der Waals surface area contributed by atoms with Crippen LogP contribution in [0.15, 0.2) is 30.3 Å². The Balaban J connectivity index is 2.23. The summed E-state index contributed by atoms with van der Waals surface area (Å²) in [6, 6.07) is 10.7. The van der Waals surface area contributed by atoms with Crippen molar-refractivity contribution in [3.05, 3.63) is 35.9 Å². The molecule has 2 N–H and O–H groups in total. The molecule has 3 unspecified atom stereocenters. The summed E-state index contributed by atoms with van der Waals surface area (Å²) in [5.41, 5.74) is 7.42. The van der Waals surface area contributed by atoms with Crippen molar-refractivity contribution < 1.29 is 4.74 Å². The molecule has 1 heterocycles. The van der Waals surface area contributed by atoms with E-state index < -0.39 is 0 Å². The van der Waals surface area contributed by atoms with Crippen LogP contribution in [-0.4, -0.2) is 18.8 Å². The Bertz CT molecular complexity index is 276. The van der Waals surface area contributed by atoms with Gasteiger partial charge in [0.25, 0.3) is 0 Å². The van der Waals surface area contributed by atoms with Crippen molar-refractivity contribution in [1.82, 2.24) is 0 Å². The first-order valence-electron chi connectivity index (χ1n) is 5.21. The minimum atomic E-state index is 0.237. The van der Waals surface area contributed by atoms with E-state index in [0.717, 1.165) is 13.0 Å². The second-order valence-electron chi connectivity index (χ2n) is 3.96. The van der Waals surface area contributed by atoms with Gasteiger partial charge in [0.05, 0.1) is 6.10 Å². The Kier molecular flexibility index (Phi) is 2.85. The number of hydrogen-bond acceptors (Lipinski definition) is 2. The van der Waals surface area contributed by atoms with Gasteiger partial charge < -0.3 is 10.5 Å². The van der Waals surface area contributed by atoms with Crippen LogP contribution >= 0.6 is 0 Å². The molecule has 2 nitrogen and oxygen atoms in total. The lowest BCUT2D eigenvalue weighted by atomic mass is 9.84. The zero-order valence-corrected chi connectivity index (χ0v) is 8.52. The molecule has 1 aromatic carbocycles. The lowest BCUT2D eigenvalue weighted by Crippen LogP contribution is -2.41.